The van der Waals surface area contributed by atoms with Crippen LogP contribution in [0.4, 0.5) is 0 Å². The van der Waals surface area contributed by atoms with Gasteiger partial charge in [0.15, 0.2) is 0 Å². The second kappa shape index (κ2) is 20.7. The Morgan fingerprint density at radius 1 is 0.667 bits per heavy atom. The summed E-state index contributed by atoms with van der Waals surface area (Å²) < 4.78 is 0. The maximum atomic E-state index is 2.24. The van der Waals surface area contributed by atoms with Crippen molar-refractivity contribution < 1.29 is 0 Å². The van der Waals surface area contributed by atoms with Crippen molar-refractivity contribution in [3.8, 4) is 0 Å². The molecule has 0 radical (unpaired) electrons. The van der Waals surface area contributed by atoms with Gasteiger partial charge in [-0.25, -0.2) is 0 Å². The summed E-state index contributed by atoms with van der Waals surface area (Å²) in [4.78, 5) is 0. The van der Waals surface area contributed by atoms with Gasteiger partial charge in [-0.15, -0.1) is 0 Å². The summed E-state index contributed by atoms with van der Waals surface area (Å²) in [6, 6.07) is 15.4. The summed E-state index contributed by atoms with van der Waals surface area (Å²) in [5, 5.41) is 0. The molecule has 0 amide bonds. The third kappa shape index (κ3) is 17.6. The van der Waals surface area contributed by atoms with E-state index in [2.05, 4.69) is 97.9 Å². The minimum absolute atomic E-state index is 0.653. The van der Waals surface area contributed by atoms with Crippen molar-refractivity contribution in [1.82, 2.24) is 0 Å². The van der Waals surface area contributed by atoms with Crippen LogP contribution in [-0.4, -0.2) is 0 Å². The normalized spacial score (nSPS) is 8.63. The van der Waals surface area contributed by atoms with E-state index in [-0.39, 0.29) is 0 Å². The van der Waals surface area contributed by atoms with Gasteiger partial charge in [-0.1, -0.05) is 128 Å². The van der Waals surface area contributed by atoms with Gasteiger partial charge in [-0.05, 0) is 44.2 Å². The van der Waals surface area contributed by atoms with E-state index in [9.17, 15) is 0 Å². The van der Waals surface area contributed by atoms with E-state index in [0.717, 1.165) is 6.42 Å². The molecule has 0 nitrogen and oxygen atoms in total. The Hall–Kier alpha value is -1.56. The Labute approximate surface area is 172 Å². The van der Waals surface area contributed by atoms with Crippen LogP contribution >= 0.6 is 0 Å². The van der Waals surface area contributed by atoms with Crippen LogP contribution in [0.1, 0.15) is 102 Å². The van der Waals surface area contributed by atoms with E-state index < -0.39 is 0 Å². The molecule has 0 bridgehead atoms. The first kappa shape index (κ1) is 30.2. The predicted molar refractivity (Wildman–Crippen MR) is 129 cm³/mol. The molecule has 27 heavy (non-hydrogen) atoms. The highest BCUT2D eigenvalue weighted by atomic mass is 14.0. The molecule has 0 fully saturated rings. The van der Waals surface area contributed by atoms with Crippen LogP contribution in [0.15, 0.2) is 42.5 Å². The second-order valence-corrected chi connectivity index (χ2v) is 6.63. The summed E-state index contributed by atoms with van der Waals surface area (Å²) in [6.07, 6.45) is 2.39. The molecule has 0 saturated heterocycles. The minimum Gasteiger partial charge on any atom is -0.0683 e. The topological polar surface area (TPSA) is 0 Å². The molecule has 2 aromatic rings. The lowest BCUT2D eigenvalue weighted by molar-refractivity contribution is 0.865. The third-order valence-electron chi connectivity index (χ3n) is 3.40. The van der Waals surface area contributed by atoms with Crippen LogP contribution in [0.5, 0.6) is 0 Å². The van der Waals surface area contributed by atoms with Gasteiger partial charge in [0.25, 0.3) is 0 Å². The van der Waals surface area contributed by atoms with E-state index in [1.165, 1.54) is 34.2 Å². The highest BCUT2D eigenvalue weighted by molar-refractivity contribution is 5.28. The number of benzene rings is 2. The zero-order chi connectivity index (χ0) is 21.8. The van der Waals surface area contributed by atoms with E-state index in [0.29, 0.717) is 5.92 Å². The molecule has 0 heterocycles. The molecule has 0 atom stereocenters. The maximum absolute atomic E-state index is 2.24. The quantitative estimate of drug-likeness (QED) is 0.492. The summed E-state index contributed by atoms with van der Waals surface area (Å²) in [5.41, 5.74) is 6.97. The number of hydrogen-bond acceptors (Lipinski definition) is 0. The molecule has 0 spiro atoms. The second-order valence-electron chi connectivity index (χ2n) is 6.63. The molecule has 0 N–H and O–H groups in total. The van der Waals surface area contributed by atoms with Crippen LogP contribution in [0.3, 0.4) is 0 Å². The predicted octanol–water partition coefficient (Wildman–Crippen LogP) is 9.45. The zero-order valence-electron chi connectivity index (χ0n) is 20.5. The van der Waals surface area contributed by atoms with Crippen LogP contribution in [0.25, 0.3) is 0 Å². The number of hydrogen-bond donors (Lipinski definition) is 0. The fourth-order valence-electron chi connectivity index (χ4n) is 2.30. The molecule has 0 aliphatic heterocycles. The fourth-order valence-corrected chi connectivity index (χ4v) is 2.30. The van der Waals surface area contributed by atoms with Gasteiger partial charge in [-0.2, -0.15) is 0 Å². The molecule has 0 saturated carbocycles. The van der Waals surface area contributed by atoms with Crippen LogP contribution in [-0.2, 0) is 6.42 Å². The highest BCUT2D eigenvalue weighted by Crippen LogP contribution is 2.14. The Bertz CT molecular complexity index is 529. The number of rotatable bonds is 2. The summed E-state index contributed by atoms with van der Waals surface area (Å²) in [5.74, 6) is 0.653. The van der Waals surface area contributed by atoms with Crippen molar-refractivity contribution in [2.75, 3.05) is 0 Å². The molecular formula is C27H48. The maximum Gasteiger partial charge on any atom is -0.0219 e. The Balaban J connectivity index is -0.000000322. The molecule has 156 valence electrons. The number of aryl methyl sites for hydroxylation is 4. The standard InChI is InChI=1S/2C10H14.C3H8.2C2H6/c1-8(2)10-6-4-5-9(3)7-10;1-4-10-6-8(2)5-9(3)7-10;1-3-2;2*1-2/h4-8H,1-3H3;5-7H,4H2,1-3H3;3H2,1-2H3;2*1-2H3. The van der Waals surface area contributed by atoms with Gasteiger partial charge in [-0.3, -0.25) is 0 Å². The third-order valence-corrected chi connectivity index (χ3v) is 3.40. The van der Waals surface area contributed by atoms with Crippen LogP contribution in [0, 0.1) is 20.8 Å². The molecule has 0 aromatic heterocycles. The summed E-state index contributed by atoms with van der Waals surface area (Å²) in [7, 11) is 0. The van der Waals surface area contributed by atoms with Gasteiger partial charge < -0.3 is 0 Å². The first-order valence-corrected chi connectivity index (χ1v) is 11.0. The van der Waals surface area contributed by atoms with E-state index >= 15 is 0 Å². The average molecular weight is 373 g/mol. The van der Waals surface area contributed by atoms with Crippen molar-refractivity contribution in [3.05, 3.63) is 70.3 Å². The largest absolute Gasteiger partial charge is 0.0683 e. The van der Waals surface area contributed by atoms with E-state index in [1.54, 1.807) is 0 Å². The molecule has 2 rings (SSSR count). The van der Waals surface area contributed by atoms with Gasteiger partial charge in [0, 0.05) is 0 Å². The first-order chi connectivity index (χ1) is 12.8. The lowest BCUT2D eigenvalue weighted by atomic mass is 10.0. The summed E-state index contributed by atoms with van der Waals surface area (Å²) in [6.45, 7) is 25.3. The van der Waals surface area contributed by atoms with Crippen molar-refractivity contribution >= 4 is 0 Å². The fraction of sp³-hybridized carbons (Fsp3) is 0.556. The SMILES string of the molecule is CC.CC.CCC.CCc1cc(C)cc(C)c1.Cc1cccc(C(C)C)c1. The van der Waals surface area contributed by atoms with Gasteiger partial charge >= 0.3 is 0 Å². The van der Waals surface area contributed by atoms with E-state index in [4.69, 9.17) is 0 Å². The molecule has 0 aliphatic carbocycles. The highest BCUT2D eigenvalue weighted by Gasteiger charge is 1.96. The molecular weight excluding hydrogens is 324 g/mol. The zero-order valence-corrected chi connectivity index (χ0v) is 20.5. The van der Waals surface area contributed by atoms with Gasteiger partial charge in [0.1, 0.15) is 0 Å². The van der Waals surface area contributed by atoms with Crippen molar-refractivity contribution in [2.24, 2.45) is 0 Å². The summed E-state index contributed by atoms with van der Waals surface area (Å²) >= 11 is 0. The van der Waals surface area contributed by atoms with E-state index in [1.807, 2.05) is 27.7 Å². The Morgan fingerprint density at radius 2 is 1.11 bits per heavy atom. The molecule has 0 unspecified atom stereocenters. The Kier molecular flexibility index (Phi) is 23.2. The smallest absolute Gasteiger partial charge is 0.0219 e. The van der Waals surface area contributed by atoms with Crippen LogP contribution in [0.2, 0.25) is 0 Å². The van der Waals surface area contributed by atoms with Gasteiger partial charge in [0.05, 0.1) is 0 Å². The monoisotopic (exact) mass is 372 g/mol. The van der Waals surface area contributed by atoms with Crippen LogP contribution < -0.4 is 0 Å². The first-order valence-electron chi connectivity index (χ1n) is 11.0. The van der Waals surface area contributed by atoms with Crippen molar-refractivity contribution in [2.45, 2.75) is 102 Å². The van der Waals surface area contributed by atoms with Gasteiger partial charge in [0.2, 0.25) is 0 Å². The lowest BCUT2D eigenvalue weighted by Gasteiger charge is -2.04. The molecule has 0 heteroatoms. The molecule has 0 aliphatic rings. The molecule has 2 aromatic carbocycles. The van der Waals surface area contributed by atoms with Crippen molar-refractivity contribution in [1.29, 1.82) is 0 Å². The Morgan fingerprint density at radius 3 is 1.41 bits per heavy atom. The minimum atomic E-state index is 0.653. The lowest BCUT2D eigenvalue weighted by Crippen LogP contribution is -1.86. The van der Waals surface area contributed by atoms with Crippen molar-refractivity contribution in [3.63, 3.8) is 0 Å². The average Bonchev–Trinajstić information content (AvgIpc) is 2.65.